The normalized spacial score (nSPS) is 24.8. The number of hydrogen-bond donors (Lipinski definition) is 1. The summed E-state index contributed by atoms with van der Waals surface area (Å²) in [5.74, 6) is 0.756. The molecule has 15 heavy (non-hydrogen) atoms. The first-order valence-electron chi connectivity index (χ1n) is 5.77. The minimum absolute atomic E-state index is 0.756. The molecule has 1 aliphatic heterocycles. The molecule has 78 valence electrons. The van der Waals surface area contributed by atoms with E-state index in [1.165, 1.54) is 30.5 Å². The smallest absolute Gasteiger partial charge is 0.0309 e. The fourth-order valence-corrected chi connectivity index (χ4v) is 2.63. The molecule has 1 aliphatic carbocycles. The van der Waals surface area contributed by atoms with Crippen molar-refractivity contribution in [3.8, 4) is 0 Å². The summed E-state index contributed by atoms with van der Waals surface area (Å²) in [4.78, 5) is 4.19. The van der Waals surface area contributed by atoms with Gasteiger partial charge in [0, 0.05) is 18.9 Å². The van der Waals surface area contributed by atoms with E-state index < -0.39 is 0 Å². The number of nitrogens with one attached hydrogen (secondary N) is 1. The molecule has 1 fully saturated rings. The molecule has 0 spiro atoms. The molecule has 2 nitrogen and oxygen atoms in total. The van der Waals surface area contributed by atoms with Gasteiger partial charge in [0.2, 0.25) is 0 Å². The molecule has 1 N–H and O–H groups in total. The fraction of sp³-hybridized carbons (Fsp3) is 0.462. The van der Waals surface area contributed by atoms with Crippen LogP contribution in [0.4, 0.5) is 0 Å². The van der Waals surface area contributed by atoms with Gasteiger partial charge in [0.15, 0.2) is 0 Å². The molecule has 2 heteroatoms. The summed E-state index contributed by atoms with van der Waals surface area (Å²) in [5.41, 5.74) is 4.38. The second-order valence-electron chi connectivity index (χ2n) is 4.51. The van der Waals surface area contributed by atoms with Crippen LogP contribution in [0.3, 0.4) is 0 Å². The topological polar surface area (TPSA) is 24.9 Å². The van der Waals surface area contributed by atoms with E-state index in [-0.39, 0.29) is 0 Å². The number of fused-ring (bicyclic) bond motifs is 1. The number of nitrogens with zero attached hydrogens (tertiary/aromatic N) is 1. The number of hydrogen-bond acceptors (Lipinski definition) is 2. The number of aromatic nitrogens is 1. The lowest BCUT2D eigenvalue weighted by molar-refractivity contribution is 0.420. The van der Waals surface area contributed by atoms with Gasteiger partial charge in [0.1, 0.15) is 0 Å². The van der Waals surface area contributed by atoms with Crippen molar-refractivity contribution in [2.75, 3.05) is 13.1 Å². The van der Waals surface area contributed by atoms with Gasteiger partial charge in [-0.05, 0) is 48.9 Å². The fourth-order valence-electron chi connectivity index (χ4n) is 2.63. The Bertz CT molecular complexity index is 389. The van der Waals surface area contributed by atoms with Gasteiger partial charge in [0.25, 0.3) is 0 Å². The quantitative estimate of drug-likeness (QED) is 0.750. The van der Waals surface area contributed by atoms with Gasteiger partial charge >= 0.3 is 0 Å². The minimum atomic E-state index is 0.756. The highest BCUT2D eigenvalue weighted by molar-refractivity contribution is 5.63. The summed E-state index contributed by atoms with van der Waals surface area (Å²) < 4.78 is 0. The zero-order valence-corrected chi connectivity index (χ0v) is 8.87. The summed E-state index contributed by atoms with van der Waals surface area (Å²) in [6.45, 7) is 2.35. The zero-order chi connectivity index (χ0) is 10.1. The van der Waals surface area contributed by atoms with Crippen LogP contribution in [-0.4, -0.2) is 18.1 Å². The molecule has 1 aromatic rings. The van der Waals surface area contributed by atoms with Gasteiger partial charge in [0.05, 0.1) is 0 Å². The van der Waals surface area contributed by atoms with Crippen LogP contribution in [0, 0.1) is 5.92 Å². The third-order valence-electron chi connectivity index (χ3n) is 3.50. The van der Waals surface area contributed by atoms with Gasteiger partial charge in [-0.25, -0.2) is 0 Å². The van der Waals surface area contributed by atoms with Gasteiger partial charge in [-0.1, -0.05) is 11.6 Å². The van der Waals surface area contributed by atoms with E-state index in [4.69, 9.17) is 0 Å². The van der Waals surface area contributed by atoms with E-state index in [1.807, 2.05) is 12.4 Å². The lowest BCUT2D eigenvalue weighted by atomic mass is 9.90. The van der Waals surface area contributed by atoms with Crippen molar-refractivity contribution in [2.24, 2.45) is 5.92 Å². The van der Waals surface area contributed by atoms with Crippen molar-refractivity contribution in [1.29, 1.82) is 0 Å². The molecule has 1 atom stereocenters. The second kappa shape index (κ2) is 3.78. The number of rotatable bonds is 1. The Kier molecular flexibility index (Phi) is 2.29. The molecule has 0 saturated carbocycles. The number of pyridine rings is 1. The largest absolute Gasteiger partial charge is 0.316 e. The van der Waals surface area contributed by atoms with E-state index in [9.17, 15) is 0 Å². The molecule has 0 bridgehead atoms. The van der Waals surface area contributed by atoms with Crippen LogP contribution in [0.15, 0.2) is 24.0 Å². The molecule has 0 amide bonds. The highest BCUT2D eigenvalue weighted by Gasteiger charge is 2.22. The predicted octanol–water partition coefficient (Wildman–Crippen LogP) is 2.02. The Hall–Kier alpha value is -1.15. The standard InChI is InChI=1S/C13H16N2/c1-2-11(8-14-4-1)12-6-10-3-5-15-9-13(10)7-12/h3,5-6,9,11,14H,1-2,4,7-8H2. The van der Waals surface area contributed by atoms with Gasteiger partial charge in [-0.2, -0.15) is 0 Å². The summed E-state index contributed by atoms with van der Waals surface area (Å²) in [6.07, 6.45) is 10.0. The molecule has 1 aromatic heterocycles. The monoisotopic (exact) mass is 200 g/mol. The van der Waals surface area contributed by atoms with Crippen molar-refractivity contribution in [2.45, 2.75) is 19.3 Å². The summed E-state index contributed by atoms with van der Waals surface area (Å²) in [5, 5.41) is 3.48. The van der Waals surface area contributed by atoms with E-state index in [0.29, 0.717) is 0 Å². The molecule has 2 aliphatic rings. The first-order valence-corrected chi connectivity index (χ1v) is 5.77. The molecule has 2 heterocycles. The maximum atomic E-state index is 4.19. The Labute approximate surface area is 90.4 Å². The Balaban J connectivity index is 1.81. The highest BCUT2D eigenvalue weighted by atomic mass is 14.9. The third kappa shape index (κ3) is 1.70. The van der Waals surface area contributed by atoms with E-state index >= 15 is 0 Å². The molecule has 1 unspecified atom stereocenters. The molecular weight excluding hydrogens is 184 g/mol. The first-order chi connectivity index (χ1) is 7.43. The van der Waals surface area contributed by atoms with Crippen LogP contribution in [0.2, 0.25) is 0 Å². The van der Waals surface area contributed by atoms with Crippen molar-refractivity contribution in [1.82, 2.24) is 10.3 Å². The lowest BCUT2D eigenvalue weighted by Crippen LogP contribution is -2.30. The third-order valence-corrected chi connectivity index (χ3v) is 3.50. The van der Waals surface area contributed by atoms with Gasteiger partial charge < -0.3 is 5.32 Å². The van der Waals surface area contributed by atoms with Crippen LogP contribution >= 0.6 is 0 Å². The molecule has 0 radical (unpaired) electrons. The number of piperidine rings is 1. The average Bonchev–Trinajstić information content (AvgIpc) is 2.74. The van der Waals surface area contributed by atoms with E-state index in [0.717, 1.165) is 18.9 Å². The minimum Gasteiger partial charge on any atom is -0.316 e. The van der Waals surface area contributed by atoms with Crippen LogP contribution in [0.5, 0.6) is 0 Å². The van der Waals surface area contributed by atoms with Crippen LogP contribution in [0.1, 0.15) is 24.0 Å². The van der Waals surface area contributed by atoms with Crippen molar-refractivity contribution in [3.63, 3.8) is 0 Å². The van der Waals surface area contributed by atoms with E-state index in [1.54, 1.807) is 5.57 Å². The molecule has 3 rings (SSSR count). The molecule has 1 saturated heterocycles. The van der Waals surface area contributed by atoms with Crippen LogP contribution < -0.4 is 5.32 Å². The van der Waals surface area contributed by atoms with Crippen molar-refractivity contribution in [3.05, 3.63) is 35.2 Å². The van der Waals surface area contributed by atoms with Crippen LogP contribution in [0.25, 0.3) is 6.08 Å². The van der Waals surface area contributed by atoms with Crippen molar-refractivity contribution < 1.29 is 0 Å². The van der Waals surface area contributed by atoms with Gasteiger partial charge in [-0.3, -0.25) is 4.98 Å². The maximum absolute atomic E-state index is 4.19. The lowest BCUT2D eigenvalue weighted by Gasteiger charge is -2.23. The summed E-state index contributed by atoms with van der Waals surface area (Å²) in [7, 11) is 0. The summed E-state index contributed by atoms with van der Waals surface area (Å²) >= 11 is 0. The zero-order valence-electron chi connectivity index (χ0n) is 8.87. The Morgan fingerprint density at radius 1 is 1.40 bits per heavy atom. The van der Waals surface area contributed by atoms with E-state index in [2.05, 4.69) is 22.4 Å². The second-order valence-corrected chi connectivity index (χ2v) is 4.51. The first kappa shape index (κ1) is 9.10. The van der Waals surface area contributed by atoms with Gasteiger partial charge in [-0.15, -0.1) is 0 Å². The highest BCUT2D eigenvalue weighted by Crippen LogP contribution is 2.31. The molecule has 0 aromatic carbocycles. The molecular formula is C13H16N2. The maximum Gasteiger partial charge on any atom is 0.0309 e. The van der Waals surface area contributed by atoms with Crippen LogP contribution in [-0.2, 0) is 6.42 Å². The summed E-state index contributed by atoms with van der Waals surface area (Å²) in [6, 6.07) is 2.12. The Morgan fingerprint density at radius 3 is 3.20 bits per heavy atom. The van der Waals surface area contributed by atoms with Crippen molar-refractivity contribution >= 4 is 6.08 Å². The SMILES string of the molecule is C1=C(C2CCCNC2)Cc2cnccc21. The Morgan fingerprint density at radius 2 is 2.40 bits per heavy atom. The predicted molar refractivity (Wildman–Crippen MR) is 61.5 cm³/mol. The average molecular weight is 200 g/mol.